The quantitative estimate of drug-likeness (QED) is 0.495. The van der Waals surface area contributed by atoms with Crippen molar-refractivity contribution >= 4 is 17.4 Å². The van der Waals surface area contributed by atoms with Gasteiger partial charge in [0.2, 0.25) is 5.91 Å². The van der Waals surface area contributed by atoms with E-state index in [1.165, 1.54) is 6.20 Å². The van der Waals surface area contributed by atoms with Crippen LogP contribution in [0, 0.1) is 17.2 Å². The summed E-state index contributed by atoms with van der Waals surface area (Å²) in [5, 5.41) is 16.9. The second-order valence-electron chi connectivity index (χ2n) is 8.69. The highest BCUT2D eigenvalue weighted by Crippen LogP contribution is 2.32. The molecule has 1 atom stereocenters. The van der Waals surface area contributed by atoms with E-state index in [9.17, 15) is 22.8 Å². The number of nitrogens with zero attached hydrogens (tertiary/aromatic N) is 5. The standard InChI is InChI=1S/C23H28F3N7O3/c1-15(2)18(30-17-13-29-31-22(35)21(17)23(24,25)26)14-36-10-5-20(34)33-8-6-32(7-9-33)19-4-3-16(11-27)12-28-19/h3-4,12-13,15,18H,5-10,14H2,1-2H3,(H2,30,31,35)/t18-/m1/s1. The summed E-state index contributed by atoms with van der Waals surface area (Å²) in [5.74, 6) is 0.556. The number of halogens is 3. The predicted octanol–water partition coefficient (Wildman–Crippen LogP) is 2.25. The minimum Gasteiger partial charge on any atom is -0.379 e. The first-order valence-corrected chi connectivity index (χ1v) is 11.5. The molecule has 1 aliphatic heterocycles. The van der Waals surface area contributed by atoms with Gasteiger partial charge in [0.05, 0.1) is 43.1 Å². The Morgan fingerprint density at radius 1 is 1.25 bits per heavy atom. The number of amides is 1. The second-order valence-corrected chi connectivity index (χ2v) is 8.69. The minimum absolute atomic E-state index is 0.0488. The van der Waals surface area contributed by atoms with Crippen molar-refractivity contribution in [2.75, 3.05) is 49.6 Å². The van der Waals surface area contributed by atoms with Crippen LogP contribution in [-0.2, 0) is 15.7 Å². The Balaban J connectivity index is 1.46. The van der Waals surface area contributed by atoms with E-state index in [0.29, 0.717) is 31.7 Å². The number of aromatic amines is 1. The Morgan fingerprint density at radius 2 is 1.97 bits per heavy atom. The second kappa shape index (κ2) is 11.9. The number of pyridine rings is 1. The van der Waals surface area contributed by atoms with Crippen molar-refractivity contribution in [3.8, 4) is 6.07 Å². The summed E-state index contributed by atoms with van der Waals surface area (Å²) in [4.78, 5) is 32.3. The van der Waals surface area contributed by atoms with Crippen LogP contribution in [0.1, 0.15) is 31.4 Å². The summed E-state index contributed by atoms with van der Waals surface area (Å²) in [6.45, 7) is 6.03. The Bertz CT molecular complexity index is 1120. The fourth-order valence-corrected chi connectivity index (χ4v) is 3.74. The molecule has 2 aromatic heterocycles. The molecule has 0 unspecified atom stereocenters. The van der Waals surface area contributed by atoms with Gasteiger partial charge in [0.15, 0.2) is 0 Å². The van der Waals surface area contributed by atoms with Gasteiger partial charge in [-0.15, -0.1) is 0 Å². The van der Waals surface area contributed by atoms with Crippen LogP contribution >= 0.6 is 0 Å². The van der Waals surface area contributed by atoms with Gasteiger partial charge in [-0.25, -0.2) is 10.1 Å². The van der Waals surface area contributed by atoms with E-state index < -0.39 is 29.0 Å². The number of hydrogen-bond donors (Lipinski definition) is 2. The average Bonchev–Trinajstić information content (AvgIpc) is 2.85. The monoisotopic (exact) mass is 507 g/mol. The van der Waals surface area contributed by atoms with Gasteiger partial charge in [0, 0.05) is 32.4 Å². The Labute approximate surface area is 206 Å². The number of carbonyl (C=O) groups is 1. The van der Waals surface area contributed by atoms with Gasteiger partial charge in [-0.1, -0.05) is 13.8 Å². The fourth-order valence-electron chi connectivity index (χ4n) is 3.74. The lowest BCUT2D eigenvalue weighted by Crippen LogP contribution is -2.49. The summed E-state index contributed by atoms with van der Waals surface area (Å²) in [7, 11) is 0. The molecule has 2 aromatic rings. The predicted molar refractivity (Wildman–Crippen MR) is 125 cm³/mol. The summed E-state index contributed by atoms with van der Waals surface area (Å²) < 4.78 is 45.5. The molecule has 194 valence electrons. The average molecular weight is 508 g/mol. The van der Waals surface area contributed by atoms with Crippen molar-refractivity contribution in [1.82, 2.24) is 20.1 Å². The molecule has 2 N–H and O–H groups in total. The van der Waals surface area contributed by atoms with Crippen molar-refractivity contribution in [2.24, 2.45) is 5.92 Å². The largest absolute Gasteiger partial charge is 0.423 e. The van der Waals surface area contributed by atoms with E-state index in [1.54, 1.807) is 22.1 Å². The fraction of sp³-hybridized carbons (Fsp3) is 0.522. The zero-order valence-corrected chi connectivity index (χ0v) is 20.0. The zero-order chi connectivity index (χ0) is 26.3. The number of anilines is 2. The molecule has 0 aromatic carbocycles. The van der Waals surface area contributed by atoms with Gasteiger partial charge in [-0.3, -0.25) is 9.59 Å². The van der Waals surface area contributed by atoms with Crippen LogP contribution in [0.5, 0.6) is 0 Å². The summed E-state index contributed by atoms with van der Waals surface area (Å²) in [6.07, 6.45) is -2.26. The number of H-pyrrole nitrogens is 1. The topological polar surface area (TPSA) is 127 Å². The summed E-state index contributed by atoms with van der Waals surface area (Å²) >= 11 is 0. The van der Waals surface area contributed by atoms with Crippen LogP contribution in [0.3, 0.4) is 0 Å². The molecular weight excluding hydrogens is 479 g/mol. The van der Waals surface area contributed by atoms with Gasteiger partial charge in [-0.2, -0.15) is 23.5 Å². The van der Waals surface area contributed by atoms with Crippen LogP contribution in [-0.4, -0.2) is 71.4 Å². The first-order chi connectivity index (χ1) is 17.1. The SMILES string of the molecule is CC(C)[C@@H](COCCC(=O)N1CCN(c2ccc(C#N)cn2)CC1)Nc1cn[nH]c(=O)c1C(F)(F)F. The third-order valence-electron chi connectivity index (χ3n) is 5.88. The van der Waals surface area contributed by atoms with E-state index in [-0.39, 0.29) is 31.5 Å². The molecule has 1 amide bonds. The third kappa shape index (κ3) is 6.94. The minimum atomic E-state index is -4.84. The van der Waals surface area contributed by atoms with Crippen molar-refractivity contribution in [2.45, 2.75) is 32.5 Å². The van der Waals surface area contributed by atoms with Crippen molar-refractivity contribution in [3.63, 3.8) is 0 Å². The van der Waals surface area contributed by atoms with E-state index in [4.69, 9.17) is 10.00 Å². The molecule has 1 aliphatic rings. The molecule has 1 saturated heterocycles. The highest BCUT2D eigenvalue weighted by molar-refractivity contribution is 5.76. The van der Waals surface area contributed by atoms with Crippen molar-refractivity contribution < 1.29 is 22.7 Å². The molecule has 3 rings (SSSR count). The molecule has 36 heavy (non-hydrogen) atoms. The number of piperazine rings is 1. The van der Waals surface area contributed by atoms with Crippen LogP contribution < -0.4 is 15.8 Å². The molecule has 0 spiro atoms. The number of nitrogens with one attached hydrogen (secondary N) is 2. The normalized spacial score (nSPS) is 15.0. The third-order valence-corrected chi connectivity index (χ3v) is 5.88. The van der Waals surface area contributed by atoms with Crippen LogP contribution in [0.4, 0.5) is 24.7 Å². The Hall–Kier alpha value is -3.66. The molecule has 10 nitrogen and oxygen atoms in total. The number of rotatable bonds is 9. The lowest BCUT2D eigenvalue weighted by atomic mass is 10.0. The van der Waals surface area contributed by atoms with Crippen LogP contribution in [0.15, 0.2) is 29.3 Å². The molecule has 0 saturated carbocycles. The smallest absolute Gasteiger partial charge is 0.379 e. The maximum absolute atomic E-state index is 13.3. The van der Waals surface area contributed by atoms with Crippen molar-refractivity contribution in [1.29, 1.82) is 5.26 Å². The van der Waals surface area contributed by atoms with Gasteiger partial charge in [0.25, 0.3) is 5.56 Å². The summed E-state index contributed by atoms with van der Waals surface area (Å²) in [6, 6.07) is 4.97. The van der Waals surface area contributed by atoms with E-state index in [1.807, 2.05) is 24.8 Å². The number of nitriles is 1. The molecule has 1 fully saturated rings. The van der Waals surface area contributed by atoms with E-state index in [2.05, 4.69) is 15.4 Å². The van der Waals surface area contributed by atoms with Crippen molar-refractivity contribution in [3.05, 3.63) is 46.0 Å². The number of hydrogen-bond acceptors (Lipinski definition) is 8. The number of carbonyl (C=O) groups excluding carboxylic acids is 1. The highest BCUT2D eigenvalue weighted by atomic mass is 19.4. The molecular formula is C23H28F3N7O3. The molecule has 0 bridgehead atoms. The number of ether oxygens (including phenoxy) is 1. The van der Waals surface area contributed by atoms with Crippen LogP contribution in [0.2, 0.25) is 0 Å². The highest BCUT2D eigenvalue weighted by Gasteiger charge is 2.38. The number of alkyl halides is 3. The van der Waals surface area contributed by atoms with Gasteiger partial charge in [-0.05, 0) is 18.1 Å². The molecule has 0 aliphatic carbocycles. The van der Waals surface area contributed by atoms with E-state index in [0.717, 1.165) is 12.0 Å². The lowest BCUT2D eigenvalue weighted by molar-refractivity contribution is -0.138. The maximum Gasteiger partial charge on any atom is 0.423 e. The van der Waals surface area contributed by atoms with E-state index >= 15 is 0 Å². The summed E-state index contributed by atoms with van der Waals surface area (Å²) in [5.41, 5.74) is -2.60. The van der Waals surface area contributed by atoms with Gasteiger partial charge in [0.1, 0.15) is 17.5 Å². The molecule has 13 heteroatoms. The molecule has 3 heterocycles. The number of aromatic nitrogens is 3. The maximum atomic E-state index is 13.3. The zero-order valence-electron chi connectivity index (χ0n) is 20.0. The Kier molecular flexibility index (Phi) is 8.87. The van der Waals surface area contributed by atoms with Crippen LogP contribution in [0.25, 0.3) is 0 Å². The lowest BCUT2D eigenvalue weighted by Gasteiger charge is -2.35. The van der Waals surface area contributed by atoms with Gasteiger partial charge >= 0.3 is 6.18 Å². The first-order valence-electron chi connectivity index (χ1n) is 11.5. The first kappa shape index (κ1) is 26.9. The molecule has 0 radical (unpaired) electrons. The van der Waals surface area contributed by atoms with Gasteiger partial charge < -0.3 is 19.9 Å². The Morgan fingerprint density at radius 3 is 2.56 bits per heavy atom.